The number of carbonyl (C=O) groups is 2. The van der Waals surface area contributed by atoms with Crippen LogP contribution in [0, 0.1) is 0 Å². The Balaban J connectivity index is 2.21. The van der Waals surface area contributed by atoms with E-state index in [0.29, 0.717) is 5.75 Å². The van der Waals surface area contributed by atoms with Gasteiger partial charge in [0.05, 0.1) is 16.6 Å². The van der Waals surface area contributed by atoms with Crippen LogP contribution in [-0.4, -0.2) is 40.6 Å². The molecule has 0 bridgehead atoms. The van der Waals surface area contributed by atoms with E-state index in [2.05, 4.69) is 16.7 Å². The number of nitrogens with zero attached hydrogens (tertiary/aromatic N) is 1. The van der Waals surface area contributed by atoms with Crippen LogP contribution in [0.3, 0.4) is 0 Å². The number of carbonyl (C=O) groups excluding carboxylic acids is 2. The van der Waals surface area contributed by atoms with Gasteiger partial charge in [0.15, 0.2) is 0 Å². The van der Waals surface area contributed by atoms with E-state index in [9.17, 15) is 14.0 Å². The second kappa shape index (κ2) is 11.0. The minimum Gasteiger partial charge on any atom is -0.463 e. The summed E-state index contributed by atoms with van der Waals surface area (Å²) in [4.78, 5) is 27.3. The number of alkyl halides is 1. The molecular weight excluding hydrogens is 501 g/mol. The van der Waals surface area contributed by atoms with E-state index in [1.165, 1.54) is 0 Å². The summed E-state index contributed by atoms with van der Waals surface area (Å²) in [6.45, 7) is 14.8. The third-order valence-electron chi connectivity index (χ3n) is 6.16. The summed E-state index contributed by atoms with van der Waals surface area (Å²) >= 11 is 1.59. The average molecular weight is 542 g/mol. The molecular formula is C30H40FN3O3S. The highest BCUT2D eigenvalue weighted by Crippen LogP contribution is 2.41. The summed E-state index contributed by atoms with van der Waals surface area (Å²) in [7, 11) is 0. The fourth-order valence-electron chi connectivity index (χ4n) is 4.37. The number of nitrogens with one attached hydrogen (secondary N) is 2. The van der Waals surface area contributed by atoms with Gasteiger partial charge in [-0.25, -0.2) is 4.39 Å². The number of hydrogen-bond donors (Lipinski definition) is 2. The van der Waals surface area contributed by atoms with Crippen LogP contribution >= 0.6 is 11.8 Å². The largest absolute Gasteiger partial charge is 0.463 e. The minimum absolute atomic E-state index is 0.0530. The average Bonchev–Trinajstić information content (AvgIpc) is 3.09. The number of fused-ring (bicyclic) bond motifs is 1. The molecule has 0 aliphatic heterocycles. The Morgan fingerprint density at radius 1 is 0.921 bits per heavy atom. The maximum absolute atomic E-state index is 13.2. The van der Waals surface area contributed by atoms with Crippen molar-refractivity contribution in [1.82, 2.24) is 15.2 Å². The van der Waals surface area contributed by atoms with Crippen molar-refractivity contribution in [2.75, 3.05) is 13.1 Å². The molecule has 6 nitrogen and oxygen atoms in total. The standard InChI is InChI=1S/C30H40FN3O3S/c1-28(2,3)32-24(35)17-34-23-15-12-20(30(7,8)27(36)33-29(4,5)6)16-22(23)26(38-9)25(34)19-10-13-21(14-11-19)37-18-31/h10-16H,17-18H2,1-9H3,(H,32,35)(H,33,36). The van der Waals surface area contributed by atoms with Crippen LogP contribution in [0.4, 0.5) is 4.39 Å². The molecule has 2 aromatic carbocycles. The summed E-state index contributed by atoms with van der Waals surface area (Å²) in [5.41, 5.74) is 2.06. The van der Waals surface area contributed by atoms with Crippen LogP contribution in [0.5, 0.6) is 5.75 Å². The van der Waals surface area contributed by atoms with E-state index in [1.54, 1.807) is 23.9 Å². The third kappa shape index (κ3) is 6.70. The Morgan fingerprint density at radius 3 is 2.05 bits per heavy atom. The maximum Gasteiger partial charge on any atom is 0.240 e. The van der Waals surface area contributed by atoms with Crippen LogP contribution in [-0.2, 0) is 21.5 Å². The topological polar surface area (TPSA) is 72.4 Å². The van der Waals surface area contributed by atoms with Crippen molar-refractivity contribution in [2.24, 2.45) is 0 Å². The fraction of sp³-hybridized carbons (Fsp3) is 0.467. The van der Waals surface area contributed by atoms with Crippen molar-refractivity contribution < 1.29 is 18.7 Å². The summed E-state index contributed by atoms with van der Waals surface area (Å²) in [5.74, 6) is 0.279. The molecule has 1 heterocycles. The van der Waals surface area contributed by atoms with Crippen LogP contribution in [0.15, 0.2) is 47.4 Å². The van der Waals surface area contributed by atoms with E-state index in [1.807, 2.05) is 90.5 Å². The molecule has 0 aliphatic rings. The Labute approximate surface area is 229 Å². The first-order chi connectivity index (χ1) is 17.6. The SMILES string of the molecule is CSc1c(-c2ccc(OCF)cc2)n(CC(=O)NC(C)(C)C)c2ccc(C(C)(C)C(=O)NC(C)(C)C)cc12. The monoisotopic (exact) mass is 541 g/mol. The van der Waals surface area contributed by atoms with Gasteiger partial charge in [0.25, 0.3) is 0 Å². The predicted molar refractivity (Wildman–Crippen MR) is 155 cm³/mol. The number of aromatic nitrogens is 1. The molecule has 0 aliphatic carbocycles. The molecule has 0 spiro atoms. The number of halogens is 1. The van der Waals surface area contributed by atoms with Gasteiger partial charge in [-0.3, -0.25) is 9.59 Å². The molecule has 3 aromatic rings. The van der Waals surface area contributed by atoms with Gasteiger partial charge in [-0.05, 0) is 109 Å². The number of rotatable bonds is 8. The third-order valence-corrected chi connectivity index (χ3v) is 6.99. The first kappa shape index (κ1) is 29.6. The molecule has 206 valence electrons. The Bertz CT molecular complexity index is 1320. The Hall–Kier alpha value is -3.00. The van der Waals surface area contributed by atoms with E-state index in [4.69, 9.17) is 4.74 Å². The van der Waals surface area contributed by atoms with E-state index in [-0.39, 0.29) is 29.4 Å². The quantitative estimate of drug-likeness (QED) is 0.322. The highest BCUT2D eigenvalue weighted by Gasteiger charge is 2.33. The first-order valence-electron chi connectivity index (χ1n) is 12.7. The van der Waals surface area contributed by atoms with E-state index < -0.39 is 12.3 Å². The highest BCUT2D eigenvalue weighted by atomic mass is 32.2. The Morgan fingerprint density at radius 2 is 1.53 bits per heavy atom. The van der Waals surface area contributed by atoms with Gasteiger partial charge < -0.3 is 19.9 Å². The molecule has 0 atom stereocenters. The van der Waals surface area contributed by atoms with Gasteiger partial charge in [0.1, 0.15) is 12.3 Å². The summed E-state index contributed by atoms with van der Waals surface area (Å²) in [5, 5.41) is 7.12. The van der Waals surface area contributed by atoms with Gasteiger partial charge in [-0.15, -0.1) is 11.8 Å². The number of benzene rings is 2. The van der Waals surface area contributed by atoms with Gasteiger partial charge in [0, 0.05) is 21.4 Å². The summed E-state index contributed by atoms with van der Waals surface area (Å²) in [6.07, 6.45) is 2.00. The van der Waals surface area contributed by atoms with Crippen molar-refractivity contribution in [1.29, 1.82) is 0 Å². The van der Waals surface area contributed by atoms with Crippen LogP contribution in [0.1, 0.15) is 61.0 Å². The lowest BCUT2D eigenvalue weighted by molar-refractivity contribution is -0.127. The lowest BCUT2D eigenvalue weighted by Gasteiger charge is -2.30. The lowest BCUT2D eigenvalue weighted by Crippen LogP contribution is -2.48. The maximum atomic E-state index is 13.2. The van der Waals surface area contributed by atoms with E-state index >= 15 is 0 Å². The lowest BCUT2D eigenvalue weighted by atomic mass is 9.82. The van der Waals surface area contributed by atoms with Crippen molar-refractivity contribution in [3.8, 4) is 17.0 Å². The predicted octanol–water partition coefficient (Wildman–Crippen LogP) is 6.44. The summed E-state index contributed by atoms with van der Waals surface area (Å²) < 4.78 is 19.7. The number of ether oxygens (including phenoxy) is 1. The summed E-state index contributed by atoms with van der Waals surface area (Å²) in [6, 6.07) is 13.2. The van der Waals surface area contributed by atoms with Gasteiger partial charge in [0.2, 0.25) is 18.7 Å². The normalized spacial score (nSPS) is 12.5. The van der Waals surface area contributed by atoms with Crippen molar-refractivity contribution in [2.45, 2.75) is 83.3 Å². The fourth-order valence-corrected chi connectivity index (χ4v) is 5.18. The molecule has 0 radical (unpaired) electrons. The minimum atomic E-state index is -0.899. The zero-order valence-electron chi connectivity index (χ0n) is 23.9. The molecule has 38 heavy (non-hydrogen) atoms. The number of amides is 2. The van der Waals surface area contributed by atoms with Crippen molar-refractivity contribution in [3.63, 3.8) is 0 Å². The molecule has 2 amide bonds. The van der Waals surface area contributed by atoms with Crippen LogP contribution < -0.4 is 15.4 Å². The second-order valence-corrected chi connectivity index (χ2v) is 12.9. The Kier molecular flexibility index (Phi) is 8.56. The molecule has 0 saturated heterocycles. The molecule has 2 N–H and O–H groups in total. The zero-order chi connectivity index (χ0) is 28.5. The molecule has 0 unspecified atom stereocenters. The first-order valence-corrected chi connectivity index (χ1v) is 13.9. The number of hydrogen-bond acceptors (Lipinski definition) is 4. The number of thioether (sulfide) groups is 1. The van der Waals surface area contributed by atoms with E-state index in [0.717, 1.165) is 32.6 Å². The van der Waals surface area contributed by atoms with Crippen molar-refractivity contribution >= 4 is 34.5 Å². The zero-order valence-corrected chi connectivity index (χ0v) is 24.7. The van der Waals surface area contributed by atoms with Crippen LogP contribution in [0.25, 0.3) is 22.2 Å². The van der Waals surface area contributed by atoms with Crippen LogP contribution in [0.2, 0.25) is 0 Å². The molecule has 0 fully saturated rings. The molecule has 0 saturated carbocycles. The molecule has 8 heteroatoms. The second-order valence-electron chi connectivity index (χ2n) is 12.1. The van der Waals surface area contributed by atoms with Gasteiger partial charge in [-0.1, -0.05) is 6.07 Å². The highest BCUT2D eigenvalue weighted by molar-refractivity contribution is 7.99. The van der Waals surface area contributed by atoms with Gasteiger partial charge >= 0.3 is 0 Å². The van der Waals surface area contributed by atoms with Crippen molar-refractivity contribution in [3.05, 3.63) is 48.0 Å². The molecule has 3 rings (SSSR count). The molecule has 1 aromatic heterocycles. The smallest absolute Gasteiger partial charge is 0.240 e. The van der Waals surface area contributed by atoms with Gasteiger partial charge in [-0.2, -0.15) is 0 Å².